The first-order valence-electron chi connectivity index (χ1n) is 9.84. The van der Waals surface area contributed by atoms with Crippen molar-refractivity contribution in [3.8, 4) is 11.5 Å². The maximum absolute atomic E-state index is 12.9. The van der Waals surface area contributed by atoms with Gasteiger partial charge in [-0.05, 0) is 30.3 Å². The Morgan fingerprint density at radius 1 is 1.00 bits per heavy atom. The quantitative estimate of drug-likeness (QED) is 0.605. The van der Waals surface area contributed by atoms with Gasteiger partial charge in [0.25, 0.3) is 5.91 Å². The molecule has 0 atom stereocenters. The van der Waals surface area contributed by atoms with E-state index in [-0.39, 0.29) is 11.5 Å². The van der Waals surface area contributed by atoms with Crippen LogP contribution in [0.15, 0.2) is 57.7 Å². The summed E-state index contributed by atoms with van der Waals surface area (Å²) in [6, 6.07) is 14.5. The average Bonchev–Trinajstić information content (AvgIpc) is 2.78. The monoisotopic (exact) mass is 408 g/mol. The van der Waals surface area contributed by atoms with Gasteiger partial charge in [0, 0.05) is 43.7 Å². The highest BCUT2D eigenvalue weighted by Crippen LogP contribution is 2.25. The van der Waals surface area contributed by atoms with Gasteiger partial charge in [-0.15, -0.1) is 0 Å². The highest BCUT2D eigenvalue weighted by molar-refractivity contribution is 5.96. The second kappa shape index (κ2) is 8.59. The Kier molecular flexibility index (Phi) is 5.72. The van der Waals surface area contributed by atoms with Crippen molar-refractivity contribution in [3.63, 3.8) is 0 Å². The Balaban J connectivity index is 1.44. The molecule has 2 heterocycles. The third kappa shape index (κ3) is 4.02. The Morgan fingerprint density at radius 3 is 2.50 bits per heavy atom. The van der Waals surface area contributed by atoms with E-state index in [2.05, 4.69) is 4.90 Å². The maximum atomic E-state index is 12.9. The van der Waals surface area contributed by atoms with Gasteiger partial charge >= 0.3 is 5.63 Å². The Morgan fingerprint density at radius 2 is 1.77 bits per heavy atom. The van der Waals surface area contributed by atoms with Gasteiger partial charge in [0.15, 0.2) is 0 Å². The fourth-order valence-corrected chi connectivity index (χ4v) is 3.74. The third-order valence-corrected chi connectivity index (χ3v) is 5.41. The molecule has 7 heteroatoms. The van der Waals surface area contributed by atoms with E-state index in [1.807, 2.05) is 30.3 Å². The zero-order valence-corrected chi connectivity index (χ0v) is 17.1. The summed E-state index contributed by atoms with van der Waals surface area (Å²) in [7, 11) is 3.29. The van der Waals surface area contributed by atoms with Crippen LogP contribution in [0.25, 0.3) is 11.0 Å². The maximum Gasteiger partial charge on any atom is 0.349 e. The molecule has 0 unspecified atom stereocenters. The molecule has 0 saturated carbocycles. The predicted octanol–water partition coefficient (Wildman–Crippen LogP) is 2.77. The van der Waals surface area contributed by atoms with Crippen LogP contribution < -0.4 is 15.1 Å². The molecule has 30 heavy (non-hydrogen) atoms. The normalized spacial score (nSPS) is 14.7. The van der Waals surface area contributed by atoms with Crippen molar-refractivity contribution in [2.24, 2.45) is 0 Å². The van der Waals surface area contributed by atoms with Gasteiger partial charge < -0.3 is 18.8 Å². The van der Waals surface area contributed by atoms with Crippen molar-refractivity contribution >= 4 is 16.9 Å². The number of fused-ring (bicyclic) bond motifs is 1. The van der Waals surface area contributed by atoms with Crippen LogP contribution in [0.4, 0.5) is 0 Å². The van der Waals surface area contributed by atoms with Gasteiger partial charge in [0.05, 0.1) is 14.2 Å². The van der Waals surface area contributed by atoms with Crippen molar-refractivity contribution in [2.75, 3.05) is 40.4 Å². The molecule has 1 amide bonds. The van der Waals surface area contributed by atoms with Crippen molar-refractivity contribution in [1.29, 1.82) is 0 Å². The summed E-state index contributed by atoms with van der Waals surface area (Å²) in [6.45, 7) is 3.17. The van der Waals surface area contributed by atoms with Crippen molar-refractivity contribution in [3.05, 3.63) is 70.1 Å². The van der Waals surface area contributed by atoms with E-state index in [9.17, 15) is 9.59 Å². The zero-order valence-electron chi connectivity index (χ0n) is 17.1. The Labute approximate surface area is 174 Å². The van der Waals surface area contributed by atoms with Crippen LogP contribution in [-0.4, -0.2) is 56.1 Å². The summed E-state index contributed by atoms with van der Waals surface area (Å²) >= 11 is 0. The van der Waals surface area contributed by atoms with Gasteiger partial charge in [-0.2, -0.15) is 0 Å². The number of methoxy groups -OCH3 is 2. The first-order chi connectivity index (χ1) is 14.6. The number of hydrogen-bond donors (Lipinski definition) is 0. The lowest BCUT2D eigenvalue weighted by molar-refractivity contribution is 0.0623. The minimum atomic E-state index is -0.595. The molecular formula is C23H24N2O5. The number of benzene rings is 2. The lowest BCUT2D eigenvalue weighted by atomic mass is 10.1. The molecule has 1 aliphatic rings. The zero-order chi connectivity index (χ0) is 21.1. The molecule has 0 radical (unpaired) electrons. The van der Waals surface area contributed by atoms with Gasteiger partial charge in [-0.25, -0.2) is 4.79 Å². The van der Waals surface area contributed by atoms with Crippen molar-refractivity contribution in [2.45, 2.75) is 6.54 Å². The third-order valence-electron chi connectivity index (χ3n) is 5.41. The average molecular weight is 408 g/mol. The fourth-order valence-electron chi connectivity index (χ4n) is 3.74. The van der Waals surface area contributed by atoms with E-state index in [0.717, 1.165) is 22.4 Å². The largest absolute Gasteiger partial charge is 0.497 e. The van der Waals surface area contributed by atoms with Crippen LogP contribution in [0, 0.1) is 0 Å². The molecule has 1 saturated heterocycles. The van der Waals surface area contributed by atoms with Crippen molar-refractivity contribution < 1.29 is 18.7 Å². The van der Waals surface area contributed by atoms with Gasteiger partial charge in [-0.1, -0.05) is 18.2 Å². The Hall–Kier alpha value is -3.32. The molecule has 4 rings (SSSR count). The van der Waals surface area contributed by atoms with Gasteiger partial charge in [0.1, 0.15) is 22.6 Å². The first-order valence-corrected chi connectivity index (χ1v) is 9.84. The molecule has 3 aromatic rings. The fraction of sp³-hybridized carbons (Fsp3) is 0.304. The molecule has 0 bridgehead atoms. The van der Waals surface area contributed by atoms with E-state index in [4.69, 9.17) is 13.9 Å². The number of amides is 1. The summed E-state index contributed by atoms with van der Waals surface area (Å²) in [5.41, 5.74) is 1.00. The van der Waals surface area contributed by atoms with Crippen LogP contribution in [0.5, 0.6) is 11.5 Å². The second-order valence-electron chi connectivity index (χ2n) is 7.23. The van der Waals surface area contributed by atoms with Crippen LogP contribution in [0.1, 0.15) is 15.9 Å². The molecule has 1 fully saturated rings. The summed E-state index contributed by atoms with van der Waals surface area (Å²) in [4.78, 5) is 29.2. The molecule has 2 aromatic carbocycles. The molecule has 0 N–H and O–H groups in total. The number of nitrogens with zero attached hydrogens (tertiary/aromatic N) is 2. The van der Waals surface area contributed by atoms with Crippen LogP contribution in [-0.2, 0) is 6.54 Å². The molecule has 0 aliphatic carbocycles. The number of ether oxygens (including phenoxy) is 2. The number of piperazine rings is 1. The Bertz CT molecular complexity index is 1120. The molecule has 7 nitrogen and oxygen atoms in total. The van der Waals surface area contributed by atoms with Crippen LogP contribution in [0.2, 0.25) is 0 Å². The second-order valence-corrected chi connectivity index (χ2v) is 7.23. The molecule has 1 aliphatic heterocycles. The smallest absolute Gasteiger partial charge is 0.349 e. The van der Waals surface area contributed by atoms with E-state index in [1.54, 1.807) is 37.3 Å². The number of hydrogen-bond acceptors (Lipinski definition) is 6. The van der Waals surface area contributed by atoms with Gasteiger partial charge in [0.2, 0.25) is 0 Å². The highest BCUT2D eigenvalue weighted by atomic mass is 16.5. The van der Waals surface area contributed by atoms with Crippen molar-refractivity contribution in [1.82, 2.24) is 9.80 Å². The highest BCUT2D eigenvalue weighted by Gasteiger charge is 2.25. The minimum absolute atomic E-state index is 0.0802. The van der Waals surface area contributed by atoms with Crippen LogP contribution >= 0.6 is 0 Å². The number of para-hydroxylation sites is 1. The van der Waals surface area contributed by atoms with Crippen LogP contribution in [0.3, 0.4) is 0 Å². The SMILES string of the molecule is COc1ccc(OC)c(CN2CCN(C(=O)c3cc4ccccc4oc3=O)CC2)c1. The molecule has 0 spiro atoms. The standard InChI is InChI=1S/C23H24N2O5/c1-28-18-7-8-20(29-2)17(13-18)15-24-9-11-25(12-10-24)22(26)19-14-16-5-3-4-6-21(16)30-23(19)27/h3-8,13-14H,9-12,15H2,1-2H3. The predicted molar refractivity (Wildman–Crippen MR) is 113 cm³/mol. The van der Waals surface area contributed by atoms with E-state index in [0.29, 0.717) is 38.3 Å². The number of carbonyl (C=O) groups is 1. The first kappa shape index (κ1) is 20.0. The summed E-state index contributed by atoms with van der Waals surface area (Å²) < 4.78 is 16.1. The molecular weight excluding hydrogens is 384 g/mol. The summed E-state index contributed by atoms with van der Waals surface area (Å²) in [5, 5.41) is 0.740. The number of carbonyl (C=O) groups excluding carboxylic acids is 1. The number of rotatable bonds is 5. The van der Waals surface area contributed by atoms with E-state index in [1.165, 1.54) is 0 Å². The molecule has 1 aromatic heterocycles. The summed E-state index contributed by atoms with van der Waals surface area (Å²) in [6.07, 6.45) is 0. The summed E-state index contributed by atoms with van der Waals surface area (Å²) in [5.74, 6) is 1.30. The lowest BCUT2D eigenvalue weighted by Crippen LogP contribution is -2.49. The lowest BCUT2D eigenvalue weighted by Gasteiger charge is -2.34. The topological polar surface area (TPSA) is 72.2 Å². The van der Waals surface area contributed by atoms with E-state index < -0.39 is 5.63 Å². The molecule has 156 valence electrons. The minimum Gasteiger partial charge on any atom is -0.497 e. The van der Waals surface area contributed by atoms with E-state index >= 15 is 0 Å². The van der Waals surface area contributed by atoms with Gasteiger partial charge in [-0.3, -0.25) is 9.69 Å².